The number of methoxy groups -OCH3 is 1. The molecule has 1 aromatic carbocycles. The van der Waals surface area contributed by atoms with E-state index in [2.05, 4.69) is 10.6 Å². The Morgan fingerprint density at radius 1 is 1.33 bits per heavy atom. The van der Waals surface area contributed by atoms with E-state index in [4.69, 9.17) is 10.5 Å². The monoisotopic (exact) mass is 291 g/mol. The average molecular weight is 291 g/mol. The standard InChI is InChI=1S/C15H21N3O3/c1-21-13-7-6-11(17-15(20)10-4-5-10)9-12(13)18-14(19)3-2-8-16/h6-7,9-10H,2-5,8,16H2,1H3,(H,17,20)(H,18,19). The van der Waals surface area contributed by atoms with Crippen LogP contribution in [0.5, 0.6) is 5.75 Å². The van der Waals surface area contributed by atoms with Crippen LogP contribution < -0.4 is 21.1 Å². The fourth-order valence-electron chi connectivity index (χ4n) is 1.95. The minimum atomic E-state index is -0.121. The molecule has 1 fully saturated rings. The predicted molar refractivity (Wildman–Crippen MR) is 81.3 cm³/mol. The lowest BCUT2D eigenvalue weighted by molar-refractivity contribution is -0.117. The summed E-state index contributed by atoms with van der Waals surface area (Å²) in [6.45, 7) is 0.474. The second kappa shape index (κ2) is 7.08. The third-order valence-corrected chi connectivity index (χ3v) is 3.30. The summed E-state index contributed by atoms with van der Waals surface area (Å²) in [5.41, 5.74) is 6.59. The van der Waals surface area contributed by atoms with Gasteiger partial charge in [0.25, 0.3) is 0 Å². The number of carbonyl (C=O) groups excluding carboxylic acids is 2. The van der Waals surface area contributed by atoms with Crippen LogP contribution in [0.2, 0.25) is 0 Å². The normalized spacial score (nSPS) is 13.6. The molecule has 1 saturated carbocycles. The SMILES string of the molecule is COc1ccc(NC(=O)C2CC2)cc1NC(=O)CCCN. The van der Waals surface area contributed by atoms with Crippen LogP contribution in [0, 0.1) is 5.92 Å². The van der Waals surface area contributed by atoms with Crippen LogP contribution in [-0.2, 0) is 9.59 Å². The number of ether oxygens (including phenoxy) is 1. The van der Waals surface area contributed by atoms with Gasteiger partial charge >= 0.3 is 0 Å². The zero-order valence-electron chi connectivity index (χ0n) is 12.1. The van der Waals surface area contributed by atoms with Gasteiger partial charge in [-0.2, -0.15) is 0 Å². The van der Waals surface area contributed by atoms with Crippen LogP contribution in [0.4, 0.5) is 11.4 Å². The molecule has 1 aromatic rings. The van der Waals surface area contributed by atoms with Gasteiger partial charge in [0, 0.05) is 18.0 Å². The van der Waals surface area contributed by atoms with E-state index in [1.165, 1.54) is 7.11 Å². The van der Waals surface area contributed by atoms with Crippen LogP contribution >= 0.6 is 0 Å². The molecule has 0 radical (unpaired) electrons. The average Bonchev–Trinajstić information content (AvgIpc) is 3.30. The fourth-order valence-corrected chi connectivity index (χ4v) is 1.95. The second-order valence-electron chi connectivity index (χ2n) is 5.12. The van der Waals surface area contributed by atoms with E-state index >= 15 is 0 Å². The number of anilines is 2. The molecule has 2 rings (SSSR count). The fraction of sp³-hybridized carbons (Fsp3) is 0.467. The molecule has 0 heterocycles. The van der Waals surface area contributed by atoms with Crippen molar-refractivity contribution in [1.82, 2.24) is 0 Å². The summed E-state index contributed by atoms with van der Waals surface area (Å²) in [6, 6.07) is 5.19. The van der Waals surface area contributed by atoms with Gasteiger partial charge in [0.05, 0.1) is 12.8 Å². The van der Waals surface area contributed by atoms with Gasteiger partial charge in [0.2, 0.25) is 11.8 Å². The van der Waals surface area contributed by atoms with E-state index in [1.54, 1.807) is 18.2 Å². The van der Waals surface area contributed by atoms with E-state index in [-0.39, 0.29) is 17.7 Å². The molecular weight excluding hydrogens is 270 g/mol. The molecule has 6 heteroatoms. The number of benzene rings is 1. The number of hydrogen-bond donors (Lipinski definition) is 3. The number of nitrogens with two attached hydrogens (primary N) is 1. The topological polar surface area (TPSA) is 93.5 Å². The second-order valence-corrected chi connectivity index (χ2v) is 5.12. The van der Waals surface area contributed by atoms with Crippen LogP contribution in [0.3, 0.4) is 0 Å². The van der Waals surface area contributed by atoms with Crippen LogP contribution in [0.25, 0.3) is 0 Å². The third-order valence-electron chi connectivity index (χ3n) is 3.30. The number of rotatable bonds is 7. The summed E-state index contributed by atoms with van der Waals surface area (Å²) in [6.07, 6.45) is 2.89. The van der Waals surface area contributed by atoms with Crippen molar-refractivity contribution < 1.29 is 14.3 Å². The Labute approximate surface area is 124 Å². The Morgan fingerprint density at radius 2 is 2.10 bits per heavy atom. The molecule has 0 spiro atoms. The number of amides is 2. The first-order chi connectivity index (χ1) is 10.1. The molecule has 0 aliphatic heterocycles. The van der Waals surface area contributed by atoms with Crippen molar-refractivity contribution in [3.63, 3.8) is 0 Å². The lowest BCUT2D eigenvalue weighted by atomic mass is 10.2. The maximum Gasteiger partial charge on any atom is 0.227 e. The van der Waals surface area contributed by atoms with Crippen molar-refractivity contribution in [1.29, 1.82) is 0 Å². The molecule has 1 aliphatic carbocycles. The highest BCUT2D eigenvalue weighted by molar-refractivity contribution is 5.96. The summed E-state index contributed by atoms with van der Waals surface area (Å²) < 4.78 is 5.22. The maximum absolute atomic E-state index is 11.8. The van der Waals surface area contributed by atoms with Gasteiger partial charge in [-0.3, -0.25) is 9.59 Å². The van der Waals surface area contributed by atoms with Crippen LogP contribution in [0.1, 0.15) is 25.7 Å². The highest BCUT2D eigenvalue weighted by Crippen LogP contribution is 2.32. The van der Waals surface area contributed by atoms with Crippen molar-refractivity contribution in [3.8, 4) is 5.75 Å². The molecule has 4 N–H and O–H groups in total. The summed E-state index contributed by atoms with van der Waals surface area (Å²) in [7, 11) is 1.54. The van der Waals surface area contributed by atoms with E-state index in [0.717, 1.165) is 12.8 Å². The zero-order chi connectivity index (χ0) is 15.2. The summed E-state index contributed by atoms with van der Waals surface area (Å²) in [4.78, 5) is 23.5. The summed E-state index contributed by atoms with van der Waals surface area (Å²) in [5, 5.41) is 5.63. The summed E-state index contributed by atoms with van der Waals surface area (Å²) >= 11 is 0. The van der Waals surface area contributed by atoms with Crippen molar-refractivity contribution in [2.75, 3.05) is 24.3 Å². The van der Waals surface area contributed by atoms with Crippen molar-refractivity contribution >= 4 is 23.2 Å². The van der Waals surface area contributed by atoms with E-state index < -0.39 is 0 Å². The Morgan fingerprint density at radius 3 is 2.71 bits per heavy atom. The minimum Gasteiger partial charge on any atom is -0.495 e. The lowest BCUT2D eigenvalue weighted by Crippen LogP contribution is -2.16. The van der Waals surface area contributed by atoms with Gasteiger partial charge < -0.3 is 21.1 Å². The third kappa shape index (κ3) is 4.46. The van der Waals surface area contributed by atoms with Crippen LogP contribution in [-0.4, -0.2) is 25.5 Å². The number of nitrogens with one attached hydrogen (secondary N) is 2. The Bertz CT molecular complexity index is 527. The van der Waals surface area contributed by atoms with E-state index in [1.807, 2.05) is 0 Å². The smallest absolute Gasteiger partial charge is 0.227 e. The molecule has 2 amide bonds. The van der Waals surface area contributed by atoms with Crippen molar-refractivity contribution in [2.24, 2.45) is 11.7 Å². The van der Waals surface area contributed by atoms with E-state index in [0.29, 0.717) is 36.5 Å². The van der Waals surface area contributed by atoms with Gasteiger partial charge in [0.1, 0.15) is 5.75 Å². The molecule has 114 valence electrons. The maximum atomic E-state index is 11.8. The number of hydrogen-bond acceptors (Lipinski definition) is 4. The van der Waals surface area contributed by atoms with Crippen molar-refractivity contribution in [3.05, 3.63) is 18.2 Å². The Balaban J connectivity index is 2.05. The molecule has 21 heavy (non-hydrogen) atoms. The molecule has 0 atom stereocenters. The van der Waals surface area contributed by atoms with Gasteiger partial charge in [-0.05, 0) is 44.0 Å². The highest BCUT2D eigenvalue weighted by atomic mass is 16.5. The van der Waals surface area contributed by atoms with E-state index in [9.17, 15) is 9.59 Å². The first-order valence-corrected chi connectivity index (χ1v) is 7.13. The molecule has 0 unspecified atom stereocenters. The zero-order valence-corrected chi connectivity index (χ0v) is 12.1. The Kier molecular flexibility index (Phi) is 5.16. The molecular formula is C15H21N3O3. The molecule has 1 aliphatic rings. The minimum absolute atomic E-state index is 0.0283. The summed E-state index contributed by atoms with van der Waals surface area (Å²) in [5.74, 6) is 0.597. The quantitative estimate of drug-likeness (QED) is 0.713. The van der Waals surface area contributed by atoms with Crippen LogP contribution in [0.15, 0.2) is 18.2 Å². The van der Waals surface area contributed by atoms with Gasteiger partial charge in [-0.15, -0.1) is 0 Å². The van der Waals surface area contributed by atoms with Crippen molar-refractivity contribution in [2.45, 2.75) is 25.7 Å². The molecule has 6 nitrogen and oxygen atoms in total. The molecule has 0 bridgehead atoms. The largest absolute Gasteiger partial charge is 0.495 e. The van der Waals surface area contributed by atoms with Gasteiger partial charge in [0.15, 0.2) is 0 Å². The lowest BCUT2D eigenvalue weighted by Gasteiger charge is -2.12. The molecule has 0 saturated heterocycles. The Hall–Kier alpha value is -2.08. The number of carbonyl (C=O) groups is 2. The van der Waals surface area contributed by atoms with Gasteiger partial charge in [-0.1, -0.05) is 0 Å². The highest BCUT2D eigenvalue weighted by Gasteiger charge is 2.29. The first-order valence-electron chi connectivity index (χ1n) is 7.13. The first kappa shape index (κ1) is 15.3. The predicted octanol–water partition coefficient (Wildman–Crippen LogP) is 1.72. The molecule has 0 aromatic heterocycles. The van der Waals surface area contributed by atoms with Gasteiger partial charge in [-0.25, -0.2) is 0 Å².